The van der Waals surface area contributed by atoms with E-state index in [1.807, 2.05) is 0 Å². The van der Waals surface area contributed by atoms with E-state index in [1.165, 1.54) is 11.8 Å². The van der Waals surface area contributed by atoms with Crippen molar-refractivity contribution in [2.24, 2.45) is 0 Å². The number of halogens is 2. The summed E-state index contributed by atoms with van der Waals surface area (Å²) in [7, 11) is 0. The summed E-state index contributed by atoms with van der Waals surface area (Å²) in [6, 6.07) is 2.23. The minimum Gasteiger partial charge on any atom is -0.331 e. The Bertz CT molecular complexity index is 499. The third-order valence-corrected chi connectivity index (χ3v) is 3.09. The van der Waals surface area contributed by atoms with Crippen molar-refractivity contribution in [3.05, 3.63) is 29.8 Å². The first-order valence-electron chi connectivity index (χ1n) is 6.01. The van der Waals surface area contributed by atoms with Gasteiger partial charge in [-0.2, -0.15) is 0 Å². The quantitative estimate of drug-likeness (QED) is 0.890. The lowest BCUT2D eigenvalue weighted by molar-refractivity contribution is -0.134. The van der Waals surface area contributed by atoms with Gasteiger partial charge in [-0.25, -0.2) is 8.78 Å². The Balaban J connectivity index is 2.10. The average molecular weight is 268 g/mol. The van der Waals surface area contributed by atoms with Crippen molar-refractivity contribution in [3.63, 3.8) is 0 Å². The standard InChI is InChI=1S/C13H14F2N2O2/c1-8(18)17-4-2-3-12(17)13(19)16-11-6-9(14)5-10(15)7-11/h5-7,12H,2-4H2,1H3,(H,16,19). The van der Waals surface area contributed by atoms with Gasteiger partial charge in [-0.05, 0) is 25.0 Å². The fourth-order valence-corrected chi connectivity index (χ4v) is 2.27. The molecule has 19 heavy (non-hydrogen) atoms. The van der Waals surface area contributed by atoms with Gasteiger partial charge in [-0.3, -0.25) is 9.59 Å². The van der Waals surface area contributed by atoms with Crippen molar-refractivity contribution >= 4 is 17.5 Å². The molecule has 0 spiro atoms. The van der Waals surface area contributed by atoms with E-state index in [0.29, 0.717) is 13.0 Å². The molecule has 1 aliphatic heterocycles. The maximum atomic E-state index is 13.0. The van der Waals surface area contributed by atoms with Crippen LogP contribution in [0, 0.1) is 11.6 Å². The lowest BCUT2D eigenvalue weighted by atomic mass is 10.2. The molecule has 1 heterocycles. The predicted octanol–water partition coefficient (Wildman–Crippen LogP) is 1.91. The molecule has 1 aromatic rings. The molecule has 0 saturated carbocycles. The van der Waals surface area contributed by atoms with Gasteiger partial charge in [-0.15, -0.1) is 0 Å². The van der Waals surface area contributed by atoms with Gasteiger partial charge < -0.3 is 10.2 Å². The molecule has 4 nitrogen and oxygen atoms in total. The first kappa shape index (κ1) is 13.5. The highest BCUT2D eigenvalue weighted by atomic mass is 19.1. The van der Waals surface area contributed by atoms with E-state index in [-0.39, 0.29) is 11.6 Å². The van der Waals surface area contributed by atoms with Crippen molar-refractivity contribution in [1.82, 2.24) is 4.90 Å². The highest BCUT2D eigenvalue weighted by molar-refractivity contribution is 5.97. The third-order valence-electron chi connectivity index (χ3n) is 3.09. The number of nitrogens with zero attached hydrogens (tertiary/aromatic N) is 1. The Labute approximate surface area is 109 Å². The summed E-state index contributed by atoms with van der Waals surface area (Å²) in [6.45, 7) is 1.93. The smallest absolute Gasteiger partial charge is 0.247 e. The van der Waals surface area contributed by atoms with Crippen LogP contribution in [0.3, 0.4) is 0 Å². The lowest BCUT2D eigenvalue weighted by Gasteiger charge is -2.22. The Morgan fingerprint density at radius 3 is 2.47 bits per heavy atom. The molecule has 2 amide bonds. The van der Waals surface area contributed by atoms with E-state index in [1.54, 1.807) is 0 Å². The number of likely N-dealkylation sites (tertiary alicyclic amines) is 1. The molecule has 2 rings (SSSR count). The molecule has 1 aliphatic rings. The van der Waals surface area contributed by atoms with E-state index in [4.69, 9.17) is 0 Å². The Kier molecular flexibility index (Phi) is 3.78. The third kappa shape index (κ3) is 3.07. The summed E-state index contributed by atoms with van der Waals surface area (Å²) in [5.74, 6) is -2.11. The van der Waals surface area contributed by atoms with Crippen molar-refractivity contribution in [1.29, 1.82) is 0 Å². The van der Waals surface area contributed by atoms with Crippen molar-refractivity contribution in [2.75, 3.05) is 11.9 Å². The zero-order valence-corrected chi connectivity index (χ0v) is 10.5. The van der Waals surface area contributed by atoms with Crippen LogP contribution < -0.4 is 5.32 Å². The molecular weight excluding hydrogens is 254 g/mol. The van der Waals surface area contributed by atoms with Gasteiger partial charge in [0.1, 0.15) is 17.7 Å². The van der Waals surface area contributed by atoms with Gasteiger partial charge in [0.2, 0.25) is 11.8 Å². The number of hydrogen-bond acceptors (Lipinski definition) is 2. The fraction of sp³-hybridized carbons (Fsp3) is 0.385. The second-order valence-electron chi connectivity index (χ2n) is 4.52. The normalized spacial score (nSPS) is 18.5. The number of amides is 2. The molecule has 0 radical (unpaired) electrons. The van der Waals surface area contributed by atoms with Crippen LogP contribution >= 0.6 is 0 Å². The predicted molar refractivity (Wildman–Crippen MR) is 65.4 cm³/mol. The summed E-state index contributed by atoms with van der Waals surface area (Å²) in [5, 5.41) is 2.44. The molecule has 1 saturated heterocycles. The SMILES string of the molecule is CC(=O)N1CCCC1C(=O)Nc1cc(F)cc(F)c1. The summed E-state index contributed by atoms with van der Waals surface area (Å²) < 4.78 is 26.0. The molecular formula is C13H14F2N2O2. The zero-order chi connectivity index (χ0) is 14.0. The Hall–Kier alpha value is -1.98. The summed E-state index contributed by atoms with van der Waals surface area (Å²) >= 11 is 0. The van der Waals surface area contributed by atoms with E-state index in [9.17, 15) is 18.4 Å². The monoisotopic (exact) mass is 268 g/mol. The van der Waals surface area contributed by atoms with Gasteiger partial charge in [0, 0.05) is 25.2 Å². The van der Waals surface area contributed by atoms with Gasteiger partial charge in [0.25, 0.3) is 0 Å². The number of hydrogen-bond donors (Lipinski definition) is 1. The zero-order valence-electron chi connectivity index (χ0n) is 10.5. The molecule has 1 atom stereocenters. The average Bonchev–Trinajstić information content (AvgIpc) is 2.75. The second kappa shape index (κ2) is 5.34. The summed E-state index contributed by atoms with van der Waals surface area (Å²) in [5.41, 5.74) is 0.0536. The largest absolute Gasteiger partial charge is 0.331 e. The van der Waals surface area contributed by atoms with Crippen LogP contribution in [-0.4, -0.2) is 29.3 Å². The Morgan fingerprint density at radius 2 is 1.89 bits per heavy atom. The van der Waals surface area contributed by atoms with Crippen LogP contribution in [0.1, 0.15) is 19.8 Å². The van der Waals surface area contributed by atoms with Crippen LogP contribution in [0.2, 0.25) is 0 Å². The maximum Gasteiger partial charge on any atom is 0.247 e. The maximum absolute atomic E-state index is 13.0. The van der Waals surface area contributed by atoms with E-state index >= 15 is 0 Å². The first-order chi connectivity index (χ1) is 8.97. The number of carbonyl (C=O) groups is 2. The molecule has 1 aromatic carbocycles. The molecule has 1 N–H and O–H groups in total. The van der Waals surface area contributed by atoms with Crippen LogP contribution in [0.25, 0.3) is 0 Å². The van der Waals surface area contributed by atoms with Gasteiger partial charge >= 0.3 is 0 Å². The van der Waals surface area contributed by atoms with Crippen molar-refractivity contribution in [3.8, 4) is 0 Å². The molecule has 6 heteroatoms. The van der Waals surface area contributed by atoms with Crippen molar-refractivity contribution in [2.45, 2.75) is 25.8 Å². The summed E-state index contributed by atoms with van der Waals surface area (Å²) in [6.07, 6.45) is 1.30. The molecule has 0 aliphatic carbocycles. The topological polar surface area (TPSA) is 49.4 Å². The molecule has 0 aromatic heterocycles. The molecule has 0 bridgehead atoms. The number of nitrogens with one attached hydrogen (secondary N) is 1. The Morgan fingerprint density at radius 1 is 1.26 bits per heavy atom. The highest BCUT2D eigenvalue weighted by Crippen LogP contribution is 2.20. The molecule has 1 unspecified atom stereocenters. The lowest BCUT2D eigenvalue weighted by Crippen LogP contribution is -2.42. The van der Waals surface area contributed by atoms with E-state index < -0.39 is 23.6 Å². The number of benzene rings is 1. The van der Waals surface area contributed by atoms with Crippen LogP contribution in [0.5, 0.6) is 0 Å². The minimum absolute atomic E-state index is 0.0536. The molecule has 102 valence electrons. The van der Waals surface area contributed by atoms with Crippen LogP contribution in [0.15, 0.2) is 18.2 Å². The van der Waals surface area contributed by atoms with E-state index in [2.05, 4.69) is 5.32 Å². The second-order valence-corrected chi connectivity index (χ2v) is 4.52. The van der Waals surface area contributed by atoms with Crippen LogP contribution in [0.4, 0.5) is 14.5 Å². The van der Waals surface area contributed by atoms with Gasteiger partial charge in [0.15, 0.2) is 0 Å². The van der Waals surface area contributed by atoms with Gasteiger partial charge in [0.05, 0.1) is 0 Å². The van der Waals surface area contributed by atoms with Crippen LogP contribution in [-0.2, 0) is 9.59 Å². The summed E-state index contributed by atoms with van der Waals surface area (Å²) in [4.78, 5) is 24.8. The van der Waals surface area contributed by atoms with E-state index in [0.717, 1.165) is 24.6 Å². The number of rotatable bonds is 2. The number of carbonyl (C=O) groups excluding carboxylic acids is 2. The van der Waals surface area contributed by atoms with Gasteiger partial charge in [-0.1, -0.05) is 0 Å². The fourth-order valence-electron chi connectivity index (χ4n) is 2.27. The highest BCUT2D eigenvalue weighted by Gasteiger charge is 2.32. The number of anilines is 1. The molecule has 1 fully saturated rings. The van der Waals surface area contributed by atoms with Crippen molar-refractivity contribution < 1.29 is 18.4 Å². The minimum atomic E-state index is -0.759. The first-order valence-corrected chi connectivity index (χ1v) is 6.01.